The zero-order valence-corrected chi connectivity index (χ0v) is 10.00. The molecular formula is C13H15NO2. The van der Waals surface area contributed by atoms with Crippen molar-refractivity contribution in [2.24, 2.45) is 0 Å². The van der Waals surface area contributed by atoms with Crippen molar-refractivity contribution >= 4 is 16.9 Å². The zero-order valence-electron chi connectivity index (χ0n) is 10.00. The van der Waals surface area contributed by atoms with Gasteiger partial charge in [-0.1, -0.05) is 11.6 Å². The highest BCUT2D eigenvalue weighted by Crippen LogP contribution is 2.21. The highest BCUT2D eigenvalue weighted by atomic mass is 16.4. The first-order valence-electron chi connectivity index (χ1n) is 5.22. The van der Waals surface area contributed by atoms with Crippen LogP contribution in [0.1, 0.15) is 11.1 Å². The Labute approximate surface area is 94.3 Å². The van der Waals surface area contributed by atoms with E-state index in [1.807, 2.05) is 44.1 Å². The average molecular weight is 217 g/mol. The molecule has 3 heteroatoms. The molecule has 84 valence electrons. The van der Waals surface area contributed by atoms with Gasteiger partial charge in [0.1, 0.15) is 5.58 Å². The van der Waals surface area contributed by atoms with E-state index in [0.29, 0.717) is 22.4 Å². The zero-order chi connectivity index (χ0) is 11.9. The molecule has 0 bridgehead atoms. The molecule has 0 saturated carbocycles. The van der Waals surface area contributed by atoms with Crippen molar-refractivity contribution in [3.63, 3.8) is 0 Å². The van der Waals surface area contributed by atoms with Crippen molar-refractivity contribution in [1.29, 1.82) is 0 Å². The van der Waals surface area contributed by atoms with Gasteiger partial charge in [-0.05, 0) is 26.0 Å². The van der Waals surface area contributed by atoms with E-state index in [2.05, 4.69) is 0 Å². The van der Waals surface area contributed by atoms with E-state index in [1.165, 1.54) is 0 Å². The molecular weight excluding hydrogens is 202 g/mol. The van der Waals surface area contributed by atoms with Crippen molar-refractivity contribution in [1.82, 2.24) is 0 Å². The van der Waals surface area contributed by atoms with E-state index in [9.17, 15) is 4.79 Å². The van der Waals surface area contributed by atoms with E-state index in [-0.39, 0.29) is 5.43 Å². The van der Waals surface area contributed by atoms with Gasteiger partial charge in [0, 0.05) is 14.1 Å². The fourth-order valence-corrected chi connectivity index (χ4v) is 1.82. The molecule has 2 rings (SSSR count). The Morgan fingerprint density at radius 1 is 1.19 bits per heavy atom. The number of rotatable bonds is 1. The maximum Gasteiger partial charge on any atom is 0.202 e. The van der Waals surface area contributed by atoms with Crippen LogP contribution in [-0.2, 0) is 0 Å². The quantitative estimate of drug-likeness (QED) is 0.735. The summed E-state index contributed by atoms with van der Waals surface area (Å²) >= 11 is 0. The van der Waals surface area contributed by atoms with Gasteiger partial charge in [0.25, 0.3) is 0 Å². The summed E-state index contributed by atoms with van der Waals surface area (Å²) in [6.07, 6.45) is 0. The lowest BCUT2D eigenvalue weighted by Crippen LogP contribution is -2.16. The first kappa shape index (κ1) is 10.7. The van der Waals surface area contributed by atoms with Crippen molar-refractivity contribution in [2.75, 3.05) is 19.0 Å². The largest absolute Gasteiger partial charge is 0.440 e. The van der Waals surface area contributed by atoms with Crippen LogP contribution in [0.2, 0.25) is 0 Å². The molecule has 0 aliphatic carbocycles. The van der Waals surface area contributed by atoms with E-state index in [0.717, 1.165) is 5.56 Å². The number of fused-ring (bicyclic) bond motifs is 1. The highest BCUT2D eigenvalue weighted by Gasteiger charge is 2.11. The fourth-order valence-electron chi connectivity index (χ4n) is 1.82. The Bertz CT molecular complexity index is 597. The second-order valence-electron chi connectivity index (χ2n) is 4.26. The molecule has 0 aliphatic rings. The molecule has 0 radical (unpaired) electrons. The second-order valence-corrected chi connectivity index (χ2v) is 4.26. The molecule has 0 unspecified atom stereocenters. The number of aryl methyl sites for hydroxylation is 1. The molecule has 0 atom stereocenters. The van der Waals surface area contributed by atoms with Crippen LogP contribution in [0.3, 0.4) is 0 Å². The molecule has 1 aromatic carbocycles. The SMILES string of the molecule is Cc1ccc2oc(N(C)C)c(C)c(=O)c2c1. The molecule has 1 aromatic heterocycles. The van der Waals surface area contributed by atoms with Crippen molar-refractivity contribution in [2.45, 2.75) is 13.8 Å². The number of nitrogens with zero attached hydrogens (tertiary/aromatic N) is 1. The average Bonchev–Trinajstić information content (AvgIpc) is 2.23. The predicted molar refractivity (Wildman–Crippen MR) is 66.3 cm³/mol. The van der Waals surface area contributed by atoms with Crippen LogP contribution in [0, 0.1) is 13.8 Å². The van der Waals surface area contributed by atoms with Gasteiger partial charge in [-0.2, -0.15) is 0 Å². The van der Waals surface area contributed by atoms with E-state index >= 15 is 0 Å². The summed E-state index contributed by atoms with van der Waals surface area (Å²) in [6, 6.07) is 5.66. The lowest BCUT2D eigenvalue weighted by atomic mass is 10.1. The topological polar surface area (TPSA) is 33.5 Å². The van der Waals surface area contributed by atoms with Crippen LogP contribution in [0.15, 0.2) is 27.4 Å². The standard InChI is InChI=1S/C13H15NO2/c1-8-5-6-11-10(7-8)12(15)9(2)13(16-11)14(3)4/h5-7H,1-4H3. The van der Waals surface area contributed by atoms with Gasteiger partial charge in [0.05, 0.1) is 10.9 Å². The van der Waals surface area contributed by atoms with Crippen LogP contribution in [0.5, 0.6) is 0 Å². The van der Waals surface area contributed by atoms with Gasteiger partial charge >= 0.3 is 0 Å². The van der Waals surface area contributed by atoms with Gasteiger partial charge in [-0.15, -0.1) is 0 Å². The third kappa shape index (κ3) is 1.58. The summed E-state index contributed by atoms with van der Waals surface area (Å²) in [5, 5.41) is 0.656. The Kier molecular flexibility index (Phi) is 2.46. The number of hydrogen-bond acceptors (Lipinski definition) is 3. The Balaban J connectivity index is 2.88. The van der Waals surface area contributed by atoms with Crippen molar-refractivity contribution < 1.29 is 4.42 Å². The number of hydrogen-bond donors (Lipinski definition) is 0. The predicted octanol–water partition coefficient (Wildman–Crippen LogP) is 2.48. The summed E-state index contributed by atoms with van der Waals surface area (Å²) in [5.74, 6) is 0.626. The Morgan fingerprint density at radius 3 is 2.50 bits per heavy atom. The lowest BCUT2D eigenvalue weighted by Gasteiger charge is -2.14. The molecule has 3 nitrogen and oxygen atoms in total. The van der Waals surface area contributed by atoms with E-state index < -0.39 is 0 Å². The molecule has 2 aromatic rings. The maximum absolute atomic E-state index is 12.1. The van der Waals surface area contributed by atoms with Crippen molar-refractivity contribution in [3.05, 3.63) is 39.5 Å². The van der Waals surface area contributed by atoms with Gasteiger partial charge in [-0.3, -0.25) is 4.79 Å². The van der Waals surface area contributed by atoms with Crippen LogP contribution in [0.4, 0.5) is 5.88 Å². The molecule has 16 heavy (non-hydrogen) atoms. The van der Waals surface area contributed by atoms with Crippen molar-refractivity contribution in [3.8, 4) is 0 Å². The second kappa shape index (κ2) is 3.67. The normalized spacial score (nSPS) is 10.8. The Morgan fingerprint density at radius 2 is 1.88 bits per heavy atom. The minimum absolute atomic E-state index is 0.0497. The molecule has 0 aliphatic heterocycles. The summed E-state index contributed by atoms with van der Waals surface area (Å²) in [4.78, 5) is 13.9. The van der Waals surface area contributed by atoms with Gasteiger partial charge in [0.2, 0.25) is 5.88 Å². The highest BCUT2D eigenvalue weighted by molar-refractivity contribution is 5.79. The Hall–Kier alpha value is -1.77. The lowest BCUT2D eigenvalue weighted by molar-refractivity contribution is 0.592. The van der Waals surface area contributed by atoms with Crippen LogP contribution in [0.25, 0.3) is 11.0 Å². The first-order valence-corrected chi connectivity index (χ1v) is 5.22. The fraction of sp³-hybridized carbons (Fsp3) is 0.308. The number of anilines is 1. The third-order valence-electron chi connectivity index (χ3n) is 2.65. The smallest absolute Gasteiger partial charge is 0.202 e. The minimum atomic E-state index is 0.0497. The van der Waals surface area contributed by atoms with E-state index in [4.69, 9.17) is 4.42 Å². The number of benzene rings is 1. The first-order chi connectivity index (χ1) is 7.50. The summed E-state index contributed by atoms with van der Waals surface area (Å²) in [6.45, 7) is 3.76. The molecule has 0 spiro atoms. The molecule has 0 N–H and O–H groups in total. The third-order valence-corrected chi connectivity index (χ3v) is 2.65. The van der Waals surface area contributed by atoms with Crippen LogP contribution >= 0.6 is 0 Å². The summed E-state index contributed by atoms with van der Waals surface area (Å²) < 4.78 is 5.72. The molecule has 1 heterocycles. The summed E-state index contributed by atoms with van der Waals surface area (Å²) in [5.41, 5.74) is 2.42. The summed E-state index contributed by atoms with van der Waals surface area (Å²) in [7, 11) is 3.73. The maximum atomic E-state index is 12.1. The molecule has 0 amide bonds. The van der Waals surface area contributed by atoms with Crippen LogP contribution < -0.4 is 10.3 Å². The van der Waals surface area contributed by atoms with Crippen LogP contribution in [-0.4, -0.2) is 14.1 Å². The van der Waals surface area contributed by atoms with E-state index in [1.54, 1.807) is 6.92 Å². The van der Waals surface area contributed by atoms with Gasteiger partial charge < -0.3 is 9.32 Å². The minimum Gasteiger partial charge on any atom is -0.440 e. The van der Waals surface area contributed by atoms with Gasteiger partial charge in [-0.25, -0.2) is 0 Å². The monoisotopic (exact) mass is 217 g/mol. The molecule has 0 saturated heterocycles. The van der Waals surface area contributed by atoms with Gasteiger partial charge in [0.15, 0.2) is 5.43 Å². The molecule has 0 fully saturated rings.